The molecule has 164 valence electrons. The average Bonchev–Trinajstić information content (AvgIpc) is 3.04. The summed E-state index contributed by atoms with van der Waals surface area (Å²) >= 11 is 0. The van der Waals surface area contributed by atoms with Crippen molar-refractivity contribution < 1.29 is 9.59 Å². The van der Waals surface area contributed by atoms with Gasteiger partial charge in [-0.2, -0.15) is 0 Å². The first-order valence-electron chi connectivity index (χ1n) is 11.6. The Kier molecular flexibility index (Phi) is 7.18. The van der Waals surface area contributed by atoms with Crippen LogP contribution in [0.4, 0.5) is 5.82 Å². The molecule has 6 nitrogen and oxygen atoms in total. The Balaban J connectivity index is 1.28. The van der Waals surface area contributed by atoms with Crippen molar-refractivity contribution in [2.24, 2.45) is 0 Å². The van der Waals surface area contributed by atoms with Gasteiger partial charge in [-0.25, -0.2) is 4.98 Å². The smallest absolute Gasteiger partial charge is 0.251 e. The molecule has 2 amide bonds. The van der Waals surface area contributed by atoms with Gasteiger partial charge < -0.3 is 15.1 Å². The highest BCUT2D eigenvalue weighted by Crippen LogP contribution is 2.23. The number of benzene rings is 1. The third kappa shape index (κ3) is 5.63. The highest BCUT2D eigenvalue weighted by atomic mass is 16.2. The van der Waals surface area contributed by atoms with Gasteiger partial charge in [0, 0.05) is 56.5 Å². The lowest BCUT2D eigenvalue weighted by molar-refractivity contribution is -0.127. The Morgan fingerprint density at radius 3 is 2.29 bits per heavy atom. The summed E-state index contributed by atoms with van der Waals surface area (Å²) in [4.78, 5) is 33.0. The molecule has 2 aromatic rings. The third-order valence-electron chi connectivity index (χ3n) is 6.22. The Hall–Kier alpha value is -2.89. The van der Waals surface area contributed by atoms with Crippen molar-refractivity contribution in [2.45, 2.75) is 44.9 Å². The zero-order valence-corrected chi connectivity index (χ0v) is 18.2. The van der Waals surface area contributed by atoms with E-state index in [0.717, 1.165) is 56.0 Å². The predicted octanol–water partition coefficient (Wildman–Crippen LogP) is 3.87. The van der Waals surface area contributed by atoms with E-state index in [2.05, 4.69) is 27.3 Å². The quantitative estimate of drug-likeness (QED) is 0.691. The highest BCUT2D eigenvalue weighted by molar-refractivity contribution is 5.94. The number of hydrogen-bond acceptors (Lipinski definition) is 4. The Labute approximate surface area is 184 Å². The molecule has 1 aromatic carbocycles. The molecular weight excluding hydrogens is 388 g/mol. The lowest BCUT2D eigenvalue weighted by Gasteiger charge is -2.21. The van der Waals surface area contributed by atoms with Gasteiger partial charge in [0.1, 0.15) is 5.82 Å². The maximum atomic E-state index is 12.4. The van der Waals surface area contributed by atoms with Crippen LogP contribution in [0.5, 0.6) is 0 Å². The van der Waals surface area contributed by atoms with Gasteiger partial charge in [0.2, 0.25) is 5.91 Å². The molecule has 2 saturated heterocycles. The van der Waals surface area contributed by atoms with Gasteiger partial charge in [-0.15, -0.1) is 0 Å². The zero-order valence-electron chi connectivity index (χ0n) is 18.2. The number of aromatic nitrogens is 1. The second-order valence-electron chi connectivity index (χ2n) is 8.48. The molecule has 0 aliphatic carbocycles. The fourth-order valence-electron chi connectivity index (χ4n) is 4.37. The molecule has 0 bridgehead atoms. The van der Waals surface area contributed by atoms with Crippen LogP contribution in [0.2, 0.25) is 0 Å². The van der Waals surface area contributed by atoms with Gasteiger partial charge in [-0.1, -0.05) is 25.0 Å². The molecule has 1 aromatic heterocycles. The van der Waals surface area contributed by atoms with Gasteiger partial charge in [0.25, 0.3) is 5.91 Å². The molecule has 3 heterocycles. The number of carbonyl (C=O) groups is 2. The molecule has 1 N–H and O–H groups in total. The number of amides is 2. The molecule has 0 unspecified atom stereocenters. The minimum atomic E-state index is -0.0751. The van der Waals surface area contributed by atoms with Crippen LogP contribution in [0.25, 0.3) is 11.1 Å². The maximum Gasteiger partial charge on any atom is 0.251 e. The van der Waals surface area contributed by atoms with Crippen LogP contribution >= 0.6 is 0 Å². The van der Waals surface area contributed by atoms with E-state index in [-0.39, 0.29) is 11.8 Å². The number of likely N-dealkylation sites (tertiary alicyclic amines) is 1. The van der Waals surface area contributed by atoms with Crippen molar-refractivity contribution in [3.05, 3.63) is 48.2 Å². The number of nitrogens with one attached hydrogen (secondary N) is 1. The second-order valence-corrected chi connectivity index (χ2v) is 8.48. The summed E-state index contributed by atoms with van der Waals surface area (Å²) in [7, 11) is 0. The Morgan fingerprint density at radius 2 is 1.65 bits per heavy atom. The van der Waals surface area contributed by atoms with Crippen molar-refractivity contribution in [3.8, 4) is 11.1 Å². The molecule has 4 rings (SSSR count). The first-order valence-corrected chi connectivity index (χ1v) is 11.6. The number of carbonyl (C=O) groups excluding carboxylic acids is 2. The SMILES string of the molecule is O=C(NCCCN1CCCC1=O)c1ccc(-c2ccc(N3CCCCCC3)nc2)cc1. The second kappa shape index (κ2) is 10.4. The van der Waals surface area contributed by atoms with E-state index in [1.54, 1.807) is 0 Å². The molecule has 0 atom stereocenters. The van der Waals surface area contributed by atoms with Crippen LogP contribution in [0.3, 0.4) is 0 Å². The first kappa shape index (κ1) is 21.3. The summed E-state index contributed by atoms with van der Waals surface area (Å²) in [6.07, 6.45) is 9.43. The minimum Gasteiger partial charge on any atom is -0.357 e. The van der Waals surface area contributed by atoms with Crippen LogP contribution in [-0.4, -0.2) is 54.4 Å². The lowest BCUT2D eigenvalue weighted by atomic mass is 10.1. The van der Waals surface area contributed by atoms with Crippen LogP contribution in [-0.2, 0) is 4.79 Å². The number of hydrogen-bond donors (Lipinski definition) is 1. The van der Waals surface area contributed by atoms with Crippen molar-refractivity contribution >= 4 is 17.6 Å². The molecule has 6 heteroatoms. The van der Waals surface area contributed by atoms with E-state index >= 15 is 0 Å². The van der Waals surface area contributed by atoms with E-state index in [1.807, 2.05) is 35.4 Å². The van der Waals surface area contributed by atoms with Crippen molar-refractivity contribution in [1.29, 1.82) is 0 Å². The third-order valence-corrected chi connectivity index (χ3v) is 6.22. The summed E-state index contributed by atoms with van der Waals surface area (Å²) in [6, 6.07) is 11.9. The molecule has 0 saturated carbocycles. The normalized spacial score (nSPS) is 17.0. The van der Waals surface area contributed by atoms with Gasteiger partial charge in [0.05, 0.1) is 0 Å². The van der Waals surface area contributed by atoms with E-state index in [1.165, 1.54) is 25.7 Å². The lowest BCUT2D eigenvalue weighted by Crippen LogP contribution is -2.30. The Morgan fingerprint density at radius 1 is 0.903 bits per heavy atom. The van der Waals surface area contributed by atoms with E-state index in [4.69, 9.17) is 0 Å². The Bertz CT molecular complexity index is 871. The molecule has 2 aliphatic heterocycles. The topological polar surface area (TPSA) is 65.5 Å². The largest absolute Gasteiger partial charge is 0.357 e. The van der Waals surface area contributed by atoms with Crippen molar-refractivity contribution in [2.75, 3.05) is 37.6 Å². The molecule has 2 aliphatic rings. The summed E-state index contributed by atoms with van der Waals surface area (Å²) in [5.41, 5.74) is 2.76. The van der Waals surface area contributed by atoms with Crippen LogP contribution in [0.15, 0.2) is 42.6 Å². The van der Waals surface area contributed by atoms with Gasteiger partial charge in [-0.05, 0) is 55.5 Å². The zero-order chi connectivity index (χ0) is 21.5. The first-order chi connectivity index (χ1) is 15.2. The van der Waals surface area contributed by atoms with Gasteiger partial charge in [-0.3, -0.25) is 9.59 Å². The van der Waals surface area contributed by atoms with E-state index < -0.39 is 0 Å². The minimum absolute atomic E-state index is 0.0751. The summed E-state index contributed by atoms with van der Waals surface area (Å²) < 4.78 is 0. The molecular formula is C25H32N4O2. The van der Waals surface area contributed by atoms with E-state index in [9.17, 15) is 9.59 Å². The fourth-order valence-corrected chi connectivity index (χ4v) is 4.37. The summed E-state index contributed by atoms with van der Waals surface area (Å²) in [5.74, 6) is 1.21. The number of rotatable bonds is 7. The van der Waals surface area contributed by atoms with Crippen LogP contribution < -0.4 is 10.2 Å². The highest BCUT2D eigenvalue weighted by Gasteiger charge is 2.19. The molecule has 31 heavy (non-hydrogen) atoms. The summed E-state index contributed by atoms with van der Waals surface area (Å²) in [6.45, 7) is 4.32. The number of pyridine rings is 1. The van der Waals surface area contributed by atoms with E-state index in [0.29, 0.717) is 18.5 Å². The van der Waals surface area contributed by atoms with Crippen LogP contribution in [0.1, 0.15) is 55.3 Å². The monoisotopic (exact) mass is 420 g/mol. The van der Waals surface area contributed by atoms with Gasteiger partial charge >= 0.3 is 0 Å². The van der Waals surface area contributed by atoms with Crippen LogP contribution in [0, 0.1) is 0 Å². The molecule has 0 radical (unpaired) electrons. The van der Waals surface area contributed by atoms with Crippen molar-refractivity contribution in [1.82, 2.24) is 15.2 Å². The van der Waals surface area contributed by atoms with Crippen molar-refractivity contribution in [3.63, 3.8) is 0 Å². The predicted molar refractivity (Wildman–Crippen MR) is 123 cm³/mol. The van der Waals surface area contributed by atoms with Gasteiger partial charge in [0.15, 0.2) is 0 Å². The standard InChI is InChI=1S/C25H32N4O2/c30-24-7-5-17-29(24)18-6-14-26-25(31)21-10-8-20(9-11-21)22-12-13-23(27-19-22)28-15-3-1-2-4-16-28/h8-13,19H,1-7,14-18H2,(H,26,31). The maximum absolute atomic E-state index is 12.4. The molecule has 0 spiro atoms. The molecule has 2 fully saturated rings. The average molecular weight is 421 g/mol. The number of nitrogens with zero attached hydrogens (tertiary/aromatic N) is 3. The fraction of sp³-hybridized carbons (Fsp3) is 0.480. The number of anilines is 1. The summed E-state index contributed by atoms with van der Waals surface area (Å²) in [5, 5.41) is 2.95.